The largest absolute Gasteiger partial charge is 0.491 e. The summed E-state index contributed by atoms with van der Waals surface area (Å²) in [6, 6.07) is 6.44. The van der Waals surface area contributed by atoms with Crippen LogP contribution in [0.5, 0.6) is 5.75 Å². The molecular weight excluding hydrogens is 318 g/mol. The molecule has 0 amide bonds. The van der Waals surface area contributed by atoms with E-state index in [1.807, 2.05) is 12.1 Å². The van der Waals surface area contributed by atoms with Crippen LogP contribution in [-0.2, 0) is 4.74 Å². The first kappa shape index (κ1) is 17.5. The van der Waals surface area contributed by atoms with E-state index < -0.39 is 0 Å². The molecule has 3 nitrogen and oxygen atoms in total. The number of hydrogen-bond donors (Lipinski definition) is 1. The number of halogens is 1. The third-order valence-electron chi connectivity index (χ3n) is 2.89. The Morgan fingerprint density at radius 2 is 1.95 bits per heavy atom. The van der Waals surface area contributed by atoms with E-state index in [0.717, 1.165) is 23.4 Å². The quantitative estimate of drug-likeness (QED) is 0.682. The molecule has 0 aliphatic carbocycles. The topological polar surface area (TPSA) is 30.5 Å². The van der Waals surface area contributed by atoms with E-state index in [0.29, 0.717) is 19.1 Å². The van der Waals surface area contributed by atoms with Crippen molar-refractivity contribution in [2.24, 2.45) is 5.92 Å². The molecule has 0 saturated heterocycles. The van der Waals surface area contributed by atoms with Gasteiger partial charge in [0, 0.05) is 22.7 Å². The molecule has 1 N–H and O–H groups in total. The summed E-state index contributed by atoms with van der Waals surface area (Å²) >= 11 is 3.49. The van der Waals surface area contributed by atoms with Crippen molar-refractivity contribution in [2.45, 2.75) is 33.7 Å². The summed E-state index contributed by atoms with van der Waals surface area (Å²) < 4.78 is 12.4. The van der Waals surface area contributed by atoms with Gasteiger partial charge in [0.2, 0.25) is 0 Å². The highest BCUT2D eigenvalue weighted by Crippen LogP contribution is 2.28. The first-order valence-corrected chi connectivity index (χ1v) is 8.07. The van der Waals surface area contributed by atoms with Gasteiger partial charge in [0.15, 0.2) is 0 Å². The maximum absolute atomic E-state index is 5.87. The van der Waals surface area contributed by atoms with Gasteiger partial charge >= 0.3 is 0 Å². The van der Waals surface area contributed by atoms with Crippen LogP contribution in [0.25, 0.3) is 0 Å². The average Bonchev–Trinajstić information content (AvgIpc) is 2.38. The molecule has 1 rings (SSSR count). The number of nitrogens with one attached hydrogen (secondary N) is 1. The maximum atomic E-state index is 5.87. The summed E-state index contributed by atoms with van der Waals surface area (Å²) in [7, 11) is 0. The lowest BCUT2D eigenvalue weighted by Gasteiger charge is -2.18. The predicted molar refractivity (Wildman–Crippen MR) is 87.4 cm³/mol. The lowest BCUT2D eigenvalue weighted by atomic mass is 10.1. The molecule has 114 valence electrons. The van der Waals surface area contributed by atoms with E-state index in [-0.39, 0.29) is 6.04 Å². The number of hydrogen-bond acceptors (Lipinski definition) is 3. The van der Waals surface area contributed by atoms with Gasteiger partial charge in [-0.25, -0.2) is 0 Å². The van der Waals surface area contributed by atoms with E-state index in [1.54, 1.807) is 0 Å². The Balaban J connectivity index is 2.56. The van der Waals surface area contributed by atoms with Crippen molar-refractivity contribution in [1.29, 1.82) is 0 Å². The van der Waals surface area contributed by atoms with Gasteiger partial charge in [0.05, 0.1) is 6.61 Å². The van der Waals surface area contributed by atoms with E-state index in [1.165, 1.54) is 5.56 Å². The van der Waals surface area contributed by atoms with Crippen molar-refractivity contribution in [2.75, 3.05) is 26.4 Å². The molecule has 0 bridgehead atoms. The standard InChI is InChI=1S/C16H26BrNO2/c1-5-18-13(4)15-7-6-14(17)10-16(15)20-9-8-19-11-12(2)3/h6-7,10,12-13,18H,5,8-9,11H2,1-4H3. The summed E-state index contributed by atoms with van der Waals surface area (Å²) in [4.78, 5) is 0. The number of benzene rings is 1. The third-order valence-corrected chi connectivity index (χ3v) is 3.38. The molecule has 0 saturated carbocycles. The van der Waals surface area contributed by atoms with E-state index in [4.69, 9.17) is 9.47 Å². The minimum atomic E-state index is 0.277. The lowest BCUT2D eigenvalue weighted by Crippen LogP contribution is -2.19. The lowest BCUT2D eigenvalue weighted by molar-refractivity contribution is 0.0815. The zero-order chi connectivity index (χ0) is 15.0. The fourth-order valence-corrected chi connectivity index (χ4v) is 2.28. The van der Waals surface area contributed by atoms with Gasteiger partial charge in [0.1, 0.15) is 12.4 Å². The molecule has 0 fully saturated rings. The second kappa shape index (κ2) is 9.37. The molecule has 1 aromatic carbocycles. The molecule has 1 unspecified atom stereocenters. The molecule has 20 heavy (non-hydrogen) atoms. The van der Waals surface area contributed by atoms with E-state index >= 15 is 0 Å². The van der Waals surface area contributed by atoms with Crippen molar-refractivity contribution in [3.05, 3.63) is 28.2 Å². The van der Waals surface area contributed by atoms with Crippen LogP contribution in [0.1, 0.15) is 39.3 Å². The van der Waals surface area contributed by atoms with Gasteiger partial charge in [-0.15, -0.1) is 0 Å². The molecule has 1 atom stereocenters. The minimum absolute atomic E-state index is 0.277. The van der Waals surface area contributed by atoms with Gasteiger partial charge in [-0.3, -0.25) is 0 Å². The van der Waals surface area contributed by atoms with Gasteiger partial charge in [-0.05, 0) is 31.5 Å². The Kier molecular flexibility index (Phi) is 8.19. The molecule has 0 aliphatic rings. The van der Waals surface area contributed by atoms with Crippen LogP contribution in [0.2, 0.25) is 0 Å². The average molecular weight is 344 g/mol. The molecule has 0 spiro atoms. The highest BCUT2D eigenvalue weighted by molar-refractivity contribution is 9.10. The number of ether oxygens (including phenoxy) is 2. The van der Waals surface area contributed by atoms with Crippen molar-refractivity contribution in [3.8, 4) is 5.75 Å². The molecule has 0 radical (unpaired) electrons. The summed E-state index contributed by atoms with van der Waals surface area (Å²) in [6.07, 6.45) is 0. The summed E-state index contributed by atoms with van der Waals surface area (Å²) in [5.41, 5.74) is 1.18. The third kappa shape index (κ3) is 6.25. The van der Waals surface area contributed by atoms with Gasteiger partial charge in [0.25, 0.3) is 0 Å². The van der Waals surface area contributed by atoms with Crippen molar-refractivity contribution in [1.82, 2.24) is 5.32 Å². The van der Waals surface area contributed by atoms with Crippen LogP contribution in [0.3, 0.4) is 0 Å². The molecular formula is C16H26BrNO2. The maximum Gasteiger partial charge on any atom is 0.125 e. The van der Waals surface area contributed by atoms with Crippen molar-refractivity contribution in [3.63, 3.8) is 0 Å². The van der Waals surface area contributed by atoms with Crippen LogP contribution in [-0.4, -0.2) is 26.4 Å². The Morgan fingerprint density at radius 1 is 1.20 bits per heavy atom. The second-order valence-corrected chi connectivity index (χ2v) is 6.19. The normalized spacial score (nSPS) is 12.7. The van der Waals surface area contributed by atoms with Gasteiger partial charge in [-0.1, -0.05) is 42.8 Å². The smallest absolute Gasteiger partial charge is 0.125 e. The highest BCUT2D eigenvalue weighted by atomic mass is 79.9. The Hall–Kier alpha value is -0.580. The van der Waals surface area contributed by atoms with Gasteiger partial charge < -0.3 is 14.8 Å². The van der Waals surface area contributed by atoms with Crippen LogP contribution in [0.15, 0.2) is 22.7 Å². The summed E-state index contributed by atoms with van der Waals surface area (Å²) in [6.45, 7) is 11.5. The van der Waals surface area contributed by atoms with Crippen molar-refractivity contribution >= 4 is 15.9 Å². The second-order valence-electron chi connectivity index (χ2n) is 5.28. The molecule has 0 aromatic heterocycles. The molecule has 0 aliphatic heterocycles. The van der Waals surface area contributed by atoms with E-state index in [9.17, 15) is 0 Å². The monoisotopic (exact) mass is 343 g/mol. The van der Waals surface area contributed by atoms with Crippen LogP contribution < -0.4 is 10.1 Å². The zero-order valence-corrected chi connectivity index (χ0v) is 14.5. The molecule has 4 heteroatoms. The highest BCUT2D eigenvalue weighted by Gasteiger charge is 2.11. The SMILES string of the molecule is CCNC(C)c1ccc(Br)cc1OCCOCC(C)C. The van der Waals surface area contributed by atoms with Crippen LogP contribution in [0, 0.1) is 5.92 Å². The van der Waals surface area contributed by atoms with Crippen LogP contribution in [0.4, 0.5) is 0 Å². The fraction of sp³-hybridized carbons (Fsp3) is 0.625. The van der Waals surface area contributed by atoms with Crippen LogP contribution >= 0.6 is 15.9 Å². The Morgan fingerprint density at radius 3 is 2.60 bits per heavy atom. The summed E-state index contributed by atoms with van der Waals surface area (Å²) in [5, 5.41) is 3.41. The number of rotatable bonds is 9. The van der Waals surface area contributed by atoms with E-state index in [2.05, 4.69) is 55.0 Å². The summed E-state index contributed by atoms with van der Waals surface area (Å²) in [5.74, 6) is 1.48. The predicted octanol–water partition coefficient (Wildman–Crippen LogP) is 4.17. The minimum Gasteiger partial charge on any atom is -0.491 e. The molecule has 0 heterocycles. The Bertz CT molecular complexity index is 396. The van der Waals surface area contributed by atoms with Gasteiger partial charge in [-0.2, -0.15) is 0 Å². The zero-order valence-electron chi connectivity index (χ0n) is 12.9. The Labute approximate surface area is 131 Å². The first-order chi connectivity index (χ1) is 9.54. The fourth-order valence-electron chi connectivity index (χ4n) is 1.94. The first-order valence-electron chi connectivity index (χ1n) is 7.28. The molecule has 1 aromatic rings. The van der Waals surface area contributed by atoms with Crippen molar-refractivity contribution < 1.29 is 9.47 Å².